The molecular weight excluding hydrogens is 453 g/mol. The third-order valence-corrected chi connectivity index (χ3v) is 6.13. The highest BCUT2D eigenvalue weighted by Crippen LogP contribution is 2.33. The molecule has 4 rings (SSSR count). The van der Waals surface area contributed by atoms with Crippen molar-refractivity contribution in [2.24, 2.45) is 0 Å². The van der Waals surface area contributed by atoms with Gasteiger partial charge in [-0.05, 0) is 61.7 Å². The zero-order chi connectivity index (χ0) is 22.0. The number of rotatable bonds is 6. The number of hydrogen-bond acceptors (Lipinski definition) is 2. The molecule has 0 atom stereocenters. The van der Waals surface area contributed by atoms with Gasteiger partial charge in [0.2, 0.25) is 5.91 Å². The molecule has 2 N–H and O–H groups in total. The van der Waals surface area contributed by atoms with E-state index in [9.17, 15) is 4.79 Å². The molecule has 4 nitrogen and oxygen atoms in total. The molecule has 158 valence electrons. The van der Waals surface area contributed by atoms with Crippen LogP contribution in [0.15, 0.2) is 54.7 Å². The maximum Gasteiger partial charge on any atom is 0.224 e. The second-order valence-electron chi connectivity index (χ2n) is 7.39. The summed E-state index contributed by atoms with van der Waals surface area (Å²) >= 11 is 18.1. The van der Waals surface area contributed by atoms with Crippen LogP contribution in [0.4, 0.5) is 5.69 Å². The molecule has 0 saturated carbocycles. The summed E-state index contributed by atoms with van der Waals surface area (Å²) in [6.07, 6.45) is 3.53. The number of aryl methyl sites for hydroxylation is 2. The van der Waals surface area contributed by atoms with Crippen LogP contribution in [0.1, 0.15) is 24.0 Å². The van der Waals surface area contributed by atoms with Crippen LogP contribution in [-0.2, 0) is 11.2 Å². The molecular formula is C24H20Cl3N3O. The minimum absolute atomic E-state index is 0.129. The molecule has 2 aromatic heterocycles. The van der Waals surface area contributed by atoms with Gasteiger partial charge in [-0.25, -0.2) is 0 Å². The number of carbonyl (C=O) groups is 1. The van der Waals surface area contributed by atoms with Gasteiger partial charge in [-0.1, -0.05) is 52.5 Å². The quantitative estimate of drug-likeness (QED) is 0.286. The van der Waals surface area contributed by atoms with Crippen LogP contribution in [0, 0.1) is 6.92 Å². The van der Waals surface area contributed by atoms with E-state index in [0.717, 1.165) is 34.3 Å². The molecule has 2 aromatic carbocycles. The van der Waals surface area contributed by atoms with E-state index in [0.29, 0.717) is 33.6 Å². The Kier molecular flexibility index (Phi) is 6.51. The number of fused-ring (bicyclic) bond motifs is 1. The summed E-state index contributed by atoms with van der Waals surface area (Å²) in [5.41, 5.74) is 5.75. The van der Waals surface area contributed by atoms with Crippen molar-refractivity contribution < 1.29 is 4.79 Å². The standard InChI is InChI=1S/C24H20Cl3N3O/c1-14-8-9-20-16(11-14)15(24(30-20)21-6-2-3-10-28-21)5-4-7-23(31)29-22-13-18(26)17(25)12-19(22)27/h2-3,6,8-13,30H,4-5,7H2,1H3,(H,29,31). The minimum atomic E-state index is -0.129. The molecule has 2 heterocycles. The Morgan fingerprint density at radius 2 is 1.84 bits per heavy atom. The molecule has 0 fully saturated rings. The van der Waals surface area contributed by atoms with Crippen LogP contribution in [0.25, 0.3) is 22.3 Å². The van der Waals surface area contributed by atoms with Crippen LogP contribution < -0.4 is 5.32 Å². The smallest absolute Gasteiger partial charge is 0.224 e. The number of aromatic nitrogens is 2. The third kappa shape index (κ3) is 4.87. The average Bonchev–Trinajstić information content (AvgIpc) is 3.10. The number of hydrogen-bond donors (Lipinski definition) is 2. The lowest BCUT2D eigenvalue weighted by atomic mass is 10.0. The molecule has 4 aromatic rings. The third-order valence-electron chi connectivity index (χ3n) is 5.10. The maximum absolute atomic E-state index is 12.5. The van der Waals surface area contributed by atoms with Crippen molar-refractivity contribution in [2.75, 3.05) is 5.32 Å². The van der Waals surface area contributed by atoms with Crippen molar-refractivity contribution >= 4 is 57.3 Å². The number of anilines is 1. The van der Waals surface area contributed by atoms with Gasteiger partial charge in [0, 0.05) is 23.5 Å². The van der Waals surface area contributed by atoms with Gasteiger partial charge in [-0.3, -0.25) is 9.78 Å². The molecule has 1 amide bonds. The van der Waals surface area contributed by atoms with Crippen LogP contribution in [0.3, 0.4) is 0 Å². The number of benzene rings is 2. The van der Waals surface area contributed by atoms with Gasteiger partial charge in [0.1, 0.15) is 0 Å². The van der Waals surface area contributed by atoms with Crippen molar-refractivity contribution in [3.05, 3.63) is 80.9 Å². The van der Waals surface area contributed by atoms with Crippen LogP contribution in [-0.4, -0.2) is 15.9 Å². The van der Waals surface area contributed by atoms with Crippen LogP contribution in [0.2, 0.25) is 15.1 Å². The molecule has 7 heteroatoms. The number of halogens is 3. The second kappa shape index (κ2) is 9.31. The van der Waals surface area contributed by atoms with E-state index in [2.05, 4.69) is 40.4 Å². The molecule has 0 aliphatic carbocycles. The summed E-state index contributed by atoms with van der Waals surface area (Å²) in [6.45, 7) is 2.07. The zero-order valence-electron chi connectivity index (χ0n) is 16.8. The van der Waals surface area contributed by atoms with Gasteiger partial charge >= 0.3 is 0 Å². The minimum Gasteiger partial charge on any atom is -0.353 e. The lowest BCUT2D eigenvalue weighted by molar-refractivity contribution is -0.116. The van der Waals surface area contributed by atoms with E-state index in [-0.39, 0.29) is 5.91 Å². The summed E-state index contributed by atoms with van der Waals surface area (Å²) in [5, 5.41) is 5.02. The van der Waals surface area contributed by atoms with Crippen molar-refractivity contribution in [3.63, 3.8) is 0 Å². The Morgan fingerprint density at radius 3 is 2.61 bits per heavy atom. The molecule has 31 heavy (non-hydrogen) atoms. The summed E-state index contributed by atoms with van der Waals surface area (Å²) in [6, 6.07) is 15.3. The fourth-order valence-electron chi connectivity index (χ4n) is 3.61. The number of nitrogens with zero attached hydrogens (tertiary/aromatic N) is 1. The molecule has 0 saturated heterocycles. The second-order valence-corrected chi connectivity index (χ2v) is 8.61. The van der Waals surface area contributed by atoms with Gasteiger partial charge < -0.3 is 10.3 Å². The van der Waals surface area contributed by atoms with E-state index >= 15 is 0 Å². The fraction of sp³-hybridized carbons (Fsp3) is 0.167. The fourth-order valence-corrected chi connectivity index (χ4v) is 4.20. The maximum atomic E-state index is 12.5. The Labute approximate surface area is 195 Å². The first-order valence-electron chi connectivity index (χ1n) is 9.89. The van der Waals surface area contributed by atoms with Crippen LogP contribution >= 0.6 is 34.8 Å². The Hall–Kier alpha value is -2.53. The average molecular weight is 473 g/mol. The molecule has 0 radical (unpaired) electrons. The number of amides is 1. The molecule has 0 aliphatic heterocycles. The molecule has 0 unspecified atom stereocenters. The number of aromatic amines is 1. The van der Waals surface area contributed by atoms with E-state index in [4.69, 9.17) is 34.8 Å². The Bertz CT molecular complexity index is 1250. The molecule has 0 bridgehead atoms. The Morgan fingerprint density at radius 1 is 1.03 bits per heavy atom. The summed E-state index contributed by atoms with van der Waals surface area (Å²) < 4.78 is 0. The van der Waals surface area contributed by atoms with Crippen molar-refractivity contribution in [1.29, 1.82) is 0 Å². The first-order chi connectivity index (χ1) is 14.9. The number of carbonyl (C=O) groups excluding carboxylic acids is 1. The monoisotopic (exact) mass is 471 g/mol. The lowest BCUT2D eigenvalue weighted by Gasteiger charge is -2.09. The Balaban J connectivity index is 1.52. The van der Waals surface area contributed by atoms with E-state index in [1.165, 1.54) is 11.6 Å². The van der Waals surface area contributed by atoms with Crippen molar-refractivity contribution in [1.82, 2.24) is 9.97 Å². The normalized spacial score (nSPS) is 11.1. The number of nitrogens with one attached hydrogen (secondary N) is 2. The van der Waals surface area contributed by atoms with Gasteiger partial charge in [0.05, 0.1) is 32.1 Å². The van der Waals surface area contributed by atoms with Gasteiger partial charge in [-0.15, -0.1) is 0 Å². The van der Waals surface area contributed by atoms with E-state index < -0.39 is 0 Å². The highest BCUT2D eigenvalue weighted by molar-refractivity contribution is 6.44. The lowest BCUT2D eigenvalue weighted by Crippen LogP contribution is -2.12. The molecule has 0 spiro atoms. The van der Waals surface area contributed by atoms with Crippen molar-refractivity contribution in [3.8, 4) is 11.4 Å². The molecule has 0 aliphatic rings. The zero-order valence-corrected chi connectivity index (χ0v) is 19.1. The van der Waals surface area contributed by atoms with Gasteiger partial charge in [0.15, 0.2) is 0 Å². The van der Waals surface area contributed by atoms with E-state index in [1.54, 1.807) is 12.3 Å². The first kappa shape index (κ1) is 21.7. The first-order valence-corrected chi connectivity index (χ1v) is 11.0. The highest BCUT2D eigenvalue weighted by Gasteiger charge is 2.15. The SMILES string of the molecule is Cc1ccc2[nH]c(-c3ccccn3)c(CCCC(=O)Nc3cc(Cl)c(Cl)cc3Cl)c2c1. The van der Waals surface area contributed by atoms with Crippen molar-refractivity contribution in [2.45, 2.75) is 26.2 Å². The summed E-state index contributed by atoms with van der Waals surface area (Å²) in [5.74, 6) is -0.129. The van der Waals surface area contributed by atoms with Gasteiger partial charge in [-0.2, -0.15) is 0 Å². The highest BCUT2D eigenvalue weighted by atomic mass is 35.5. The summed E-state index contributed by atoms with van der Waals surface area (Å²) in [7, 11) is 0. The van der Waals surface area contributed by atoms with Crippen LogP contribution in [0.5, 0.6) is 0 Å². The van der Waals surface area contributed by atoms with Gasteiger partial charge in [0.25, 0.3) is 0 Å². The number of H-pyrrole nitrogens is 1. The predicted molar refractivity (Wildman–Crippen MR) is 129 cm³/mol. The predicted octanol–water partition coefficient (Wildman–Crippen LogP) is 7.46. The largest absolute Gasteiger partial charge is 0.353 e. The number of pyridine rings is 1. The topological polar surface area (TPSA) is 57.8 Å². The summed E-state index contributed by atoms with van der Waals surface area (Å²) in [4.78, 5) is 20.5. The van der Waals surface area contributed by atoms with E-state index in [1.807, 2.05) is 18.2 Å².